The molecule has 1 aliphatic heterocycles. The maximum absolute atomic E-state index is 14.5. The summed E-state index contributed by atoms with van der Waals surface area (Å²) in [5.41, 5.74) is 1.98. The number of rotatable bonds is 18. The average Bonchev–Trinajstić information content (AvgIpc) is 2.79. The molecule has 0 aromatic heterocycles. The van der Waals surface area contributed by atoms with Crippen molar-refractivity contribution < 1.29 is 4.39 Å². The van der Waals surface area contributed by atoms with Crippen LogP contribution in [0.15, 0.2) is 39.4 Å². The lowest BCUT2D eigenvalue weighted by molar-refractivity contribution is 0.0992. The van der Waals surface area contributed by atoms with Crippen molar-refractivity contribution in [3.05, 3.63) is 46.4 Å². The molecule has 1 N–H and O–H groups in total. The van der Waals surface area contributed by atoms with Gasteiger partial charge in [0.15, 0.2) is 0 Å². The Morgan fingerprint density at radius 2 is 2.06 bits per heavy atom. The van der Waals surface area contributed by atoms with Crippen LogP contribution in [0, 0.1) is 17.7 Å². The number of aliphatic imine (C=N–C) groups is 2. The zero-order chi connectivity index (χ0) is 24.6. The number of hydrogen-bond donors (Lipinski definition) is 1. The highest BCUT2D eigenvalue weighted by Crippen LogP contribution is 2.21. The molecule has 1 unspecified atom stereocenters. The number of halogens is 2. The van der Waals surface area contributed by atoms with Crippen LogP contribution in [-0.4, -0.2) is 57.6 Å². The van der Waals surface area contributed by atoms with E-state index in [-0.39, 0.29) is 5.82 Å². The second kappa shape index (κ2) is 17.0. The first kappa shape index (κ1) is 28.7. The summed E-state index contributed by atoms with van der Waals surface area (Å²) in [6, 6.07) is 5.89. The monoisotopic (exact) mass is 490 g/mol. The number of hydrogen-bond acceptors (Lipinski definition) is 4. The molecule has 0 spiro atoms. The SMILES string of the molecule is C=N/C=C(Cl)\C=N/CCC(CCCCCc1ccc(CCN2CC(CC)C2)c(F)c1)CCNC. The van der Waals surface area contributed by atoms with Crippen molar-refractivity contribution in [3.63, 3.8) is 0 Å². The summed E-state index contributed by atoms with van der Waals surface area (Å²) in [7, 11) is 2.00. The Labute approximate surface area is 211 Å². The van der Waals surface area contributed by atoms with Gasteiger partial charge in [-0.1, -0.05) is 56.3 Å². The molecule has 1 fully saturated rings. The highest BCUT2D eigenvalue weighted by molar-refractivity contribution is 6.39. The van der Waals surface area contributed by atoms with E-state index in [0.717, 1.165) is 68.8 Å². The Morgan fingerprint density at radius 1 is 1.24 bits per heavy atom. The second-order valence-corrected chi connectivity index (χ2v) is 10.0. The summed E-state index contributed by atoms with van der Waals surface area (Å²) in [5, 5.41) is 3.76. The fourth-order valence-electron chi connectivity index (χ4n) is 4.60. The van der Waals surface area contributed by atoms with E-state index >= 15 is 0 Å². The molecule has 4 nitrogen and oxygen atoms in total. The number of allylic oxidation sites excluding steroid dienone is 1. The Kier molecular flexibility index (Phi) is 14.3. The van der Waals surface area contributed by atoms with E-state index in [1.165, 1.54) is 45.0 Å². The number of likely N-dealkylation sites (tertiary alicyclic amines) is 1. The lowest BCUT2D eigenvalue weighted by Gasteiger charge is -2.38. The lowest BCUT2D eigenvalue weighted by Crippen LogP contribution is -2.47. The van der Waals surface area contributed by atoms with Gasteiger partial charge in [0.1, 0.15) is 5.82 Å². The maximum Gasteiger partial charge on any atom is 0.126 e. The van der Waals surface area contributed by atoms with Gasteiger partial charge in [0.05, 0.1) is 5.03 Å². The molecule has 1 aromatic rings. The van der Waals surface area contributed by atoms with Crippen molar-refractivity contribution in [1.29, 1.82) is 0 Å². The largest absolute Gasteiger partial charge is 0.320 e. The van der Waals surface area contributed by atoms with Crippen LogP contribution in [0.2, 0.25) is 0 Å². The van der Waals surface area contributed by atoms with Gasteiger partial charge in [-0.2, -0.15) is 0 Å². The van der Waals surface area contributed by atoms with Gasteiger partial charge in [-0.15, -0.1) is 0 Å². The summed E-state index contributed by atoms with van der Waals surface area (Å²) in [6.07, 6.45) is 13.1. The lowest BCUT2D eigenvalue weighted by atomic mass is 9.93. The minimum absolute atomic E-state index is 0.0310. The van der Waals surface area contributed by atoms with E-state index in [9.17, 15) is 4.39 Å². The second-order valence-electron chi connectivity index (χ2n) is 9.59. The minimum Gasteiger partial charge on any atom is -0.320 e. The van der Waals surface area contributed by atoms with Crippen molar-refractivity contribution in [2.24, 2.45) is 21.8 Å². The first-order chi connectivity index (χ1) is 16.5. The number of aryl methyl sites for hydroxylation is 1. The van der Waals surface area contributed by atoms with Crippen molar-refractivity contribution in [2.75, 3.05) is 39.8 Å². The van der Waals surface area contributed by atoms with Crippen LogP contribution < -0.4 is 5.32 Å². The number of unbranched alkanes of at least 4 members (excludes halogenated alkanes) is 2. The van der Waals surface area contributed by atoms with Gasteiger partial charge in [-0.25, -0.2) is 4.39 Å². The van der Waals surface area contributed by atoms with Crippen molar-refractivity contribution in [3.8, 4) is 0 Å². The Balaban J connectivity index is 1.64. The first-order valence-corrected chi connectivity index (χ1v) is 13.4. The molecule has 6 heteroatoms. The van der Waals surface area contributed by atoms with Crippen LogP contribution in [0.4, 0.5) is 4.39 Å². The predicted molar refractivity (Wildman–Crippen MR) is 146 cm³/mol. The molecule has 1 atom stereocenters. The number of nitrogens with zero attached hydrogens (tertiary/aromatic N) is 3. The molecule has 1 heterocycles. The van der Waals surface area contributed by atoms with E-state index in [1.807, 2.05) is 13.1 Å². The van der Waals surface area contributed by atoms with Crippen LogP contribution in [-0.2, 0) is 12.8 Å². The molecule has 1 saturated heterocycles. The van der Waals surface area contributed by atoms with Crippen LogP contribution in [0.3, 0.4) is 0 Å². The number of benzene rings is 1. The first-order valence-electron chi connectivity index (χ1n) is 13.0. The fraction of sp³-hybridized carbons (Fsp3) is 0.643. The Hall–Kier alpha value is -1.56. The smallest absolute Gasteiger partial charge is 0.126 e. The quantitative estimate of drug-likeness (QED) is 0.194. The highest BCUT2D eigenvalue weighted by Gasteiger charge is 2.24. The fourth-order valence-corrected chi connectivity index (χ4v) is 4.73. The van der Waals surface area contributed by atoms with Gasteiger partial charge in [0.25, 0.3) is 0 Å². The minimum atomic E-state index is -0.0310. The topological polar surface area (TPSA) is 40.0 Å². The Bertz CT molecular complexity index is 774. The zero-order valence-electron chi connectivity index (χ0n) is 21.2. The third-order valence-electron chi connectivity index (χ3n) is 6.90. The van der Waals surface area contributed by atoms with Gasteiger partial charge in [0.2, 0.25) is 0 Å². The van der Waals surface area contributed by atoms with E-state index in [1.54, 1.807) is 12.3 Å². The highest BCUT2D eigenvalue weighted by atomic mass is 35.5. The summed E-state index contributed by atoms with van der Waals surface area (Å²) < 4.78 is 14.5. The van der Waals surface area contributed by atoms with E-state index in [0.29, 0.717) is 11.0 Å². The van der Waals surface area contributed by atoms with Crippen molar-refractivity contribution in [2.45, 2.75) is 64.7 Å². The molecule has 0 saturated carbocycles. The van der Waals surface area contributed by atoms with Crippen LogP contribution in [0.1, 0.15) is 63.0 Å². The molecule has 34 heavy (non-hydrogen) atoms. The van der Waals surface area contributed by atoms with E-state index in [4.69, 9.17) is 11.6 Å². The zero-order valence-corrected chi connectivity index (χ0v) is 22.0. The molecular formula is C28H44ClFN4. The van der Waals surface area contributed by atoms with Gasteiger partial charge in [-0.3, -0.25) is 9.98 Å². The summed E-state index contributed by atoms with van der Waals surface area (Å²) in [6.45, 7) is 10.8. The van der Waals surface area contributed by atoms with Crippen LogP contribution >= 0.6 is 11.6 Å². The average molecular weight is 491 g/mol. The van der Waals surface area contributed by atoms with Crippen molar-refractivity contribution >= 4 is 24.5 Å². The van der Waals surface area contributed by atoms with E-state index in [2.05, 4.69) is 39.9 Å². The number of nitrogens with one attached hydrogen (secondary N) is 1. The van der Waals surface area contributed by atoms with Gasteiger partial charge in [0, 0.05) is 38.6 Å². The normalized spacial score (nSPS) is 16.2. The van der Waals surface area contributed by atoms with E-state index < -0.39 is 0 Å². The molecular weight excluding hydrogens is 447 g/mol. The molecule has 2 rings (SSSR count). The van der Waals surface area contributed by atoms with Gasteiger partial charge < -0.3 is 10.2 Å². The molecule has 0 bridgehead atoms. The van der Waals surface area contributed by atoms with Crippen molar-refractivity contribution in [1.82, 2.24) is 10.2 Å². The summed E-state index contributed by atoms with van der Waals surface area (Å²) in [5.74, 6) is 1.47. The van der Waals surface area contributed by atoms with Gasteiger partial charge in [-0.05, 0) is 81.4 Å². The third-order valence-corrected chi connectivity index (χ3v) is 7.10. The summed E-state index contributed by atoms with van der Waals surface area (Å²) >= 11 is 5.96. The third kappa shape index (κ3) is 11.2. The maximum atomic E-state index is 14.5. The molecule has 190 valence electrons. The molecule has 0 aliphatic carbocycles. The van der Waals surface area contributed by atoms with Gasteiger partial charge >= 0.3 is 0 Å². The predicted octanol–water partition coefficient (Wildman–Crippen LogP) is 6.28. The summed E-state index contributed by atoms with van der Waals surface area (Å²) in [4.78, 5) is 10.5. The molecule has 0 amide bonds. The molecule has 1 aliphatic rings. The standard InChI is InChI=1S/C28H44ClFN4/c1-4-23-21-34(22-23)17-14-26-11-10-25(18-28(26)30)9-7-5-6-8-24(12-15-31-2)13-16-33-20-27(29)19-32-3/h10-11,18-20,23-24,31H,3-9,12-17,21-22H2,1-2H3/b27-19+,33-20-. The van der Waals surface area contributed by atoms with Crippen LogP contribution in [0.25, 0.3) is 0 Å². The molecule has 1 aromatic carbocycles. The van der Waals surface area contributed by atoms with Crippen LogP contribution in [0.5, 0.6) is 0 Å². The Morgan fingerprint density at radius 3 is 2.76 bits per heavy atom. The molecule has 0 radical (unpaired) electrons.